The van der Waals surface area contributed by atoms with E-state index in [0.29, 0.717) is 19.5 Å². The molecular weight excluding hydrogens is 320 g/mol. The molecule has 0 spiro atoms. The summed E-state index contributed by atoms with van der Waals surface area (Å²) in [4.78, 5) is 39.7. The van der Waals surface area contributed by atoms with Crippen LogP contribution in [0.3, 0.4) is 0 Å². The van der Waals surface area contributed by atoms with Crippen LogP contribution in [0.25, 0.3) is 0 Å². The molecule has 2 fully saturated rings. The van der Waals surface area contributed by atoms with Crippen molar-refractivity contribution in [3.8, 4) is 0 Å². The van der Waals surface area contributed by atoms with Gasteiger partial charge in [-0.3, -0.25) is 14.4 Å². The van der Waals surface area contributed by atoms with Crippen molar-refractivity contribution in [1.29, 1.82) is 0 Å². The van der Waals surface area contributed by atoms with Gasteiger partial charge in [-0.05, 0) is 37.5 Å². The first-order chi connectivity index (χ1) is 11.8. The van der Waals surface area contributed by atoms with Crippen LogP contribution in [-0.2, 0) is 20.8 Å². The van der Waals surface area contributed by atoms with E-state index in [1.165, 1.54) is 5.56 Å². The minimum Gasteiger partial charge on any atom is -0.481 e. The van der Waals surface area contributed by atoms with E-state index in [-0.39, 0.29) is 24.8 Å². The molecule has 2 saturated heterocycles. The SMILES string of the molecule is CCc1ccc(N2CC(C(=O)N3CCC(C)(C(=O)O)C3)CC2=O)cc1. The monoisotopic (exact) mass is 344 g/mol. The molecule has 134 valence electrons. The average molecular weight is 344 g/mol. The van der Waals surface area contributed by atoms with Gasteiger partial charge in [0, 0.05) is 31.7 Å². The number of carbonyl (C=O) groups is 3. The van der Waals surface area contributed by atoms with Crippen LogP contribution in [0.15, 0.2) is 24.3 Å². The molecule has 0 aliphatic carbocycles. The number of likely N-dealkylation sites (tertiary alicyclic amines) is 1. The Morgan fingerprint density at radius 2 is 1.96 bits per heavy atom. The summed E-state index contributed by atoms with van der Waals surface area (Å²) in [7, 11) is 0. The van der Waals surface area contributed by atoms with E-state index in [2.05, 4.69) is 6.92 Å². The molecule has 25 heavy (non-hydrogen) atoms. The molecule has 2 heterocycles. The number of benzene rings is 1. The van der Waals surface area contributed by atoms with E-state index in [1.807, 2.05) is 24.3 Å². The van der Waals surface area contributed by atoms with Gasteiger partial charge in [-0.15, -0.1) is 0 Å². The lowest BCUT2D eigenvalue weighted by molar-refractivity contribution is -0.147. The van der Waals surface area contributed by atoms with Crippen LogP contribution >= 0.6 is 0 Å². The van der Waals surface area contributed by atoms with Crippen LogP contribution in [0.1, 0.15) is 32.3 Å². The summed E-state index contributed by atoms with van der Waals surface area (Å²) >= 11 is 0. The second kappa shape index (κ2) is 6.50. The van der Waals surface area contributed by atoms with Gasteiger partial charge in [0.05, 0.1) is 11.3 Å². The van der Waals surface area contributed by atoms with Gasteiger partial charge in [0.15, 0.2) is 0 Å². The molecule has 2 atom stereocenters. The van der Waals surface area contributed by atoms with Crippen molar-refractivity contribution in [2.24, 2.45) is 11.3 Å². The zero-order valence-electron chi connectivity index (χ0n) is 14.7. The van der Waals surface area contributed by atoms with Crippen LogP contribution in [0, 0.1) is 11.3 Å². The molecule has 3 rings (SSSR count). The van der Waals surface area contributed by atoms with Crippen molar-refractivity contribution in [1.82, 2.24) is 4.90 Å². The highest BCUT2D eigenvalue weighted by atomic mass is 16.4. The smallest absolute Gasteiger partial charge is 0.311 e. The van der Waals surface area contributed by atoms with Gasteiger partial charge in [0.2, 0.25) is 11.8 Å². The number of amides is 2. The number of nitrogens with zero attached hydrogens (tertiary/aromatic N) is 2. The van der Waals surface area contributed by atoms with Crippen LogP contribution in [0.4, 0.5) is 5.69 Å². The normalized spacial score (nSPS) is 26.3. The fraction of sp³-hybridized carbons (Fsp3) is 0.526. The number of rotatable bonds is 4. The minimum atomic E-state index is -0.881. The molecule has 1 N–H and O–H groups in total. The molecule has 2 amide bonds. The number of aliphatic carboxylic acids is 1. The Kier molecular flexibility index (Phi) is 4.54. The predicted octanol–water partition coefficient (Wildman–Crippen LogP) is 1.93. The molecule has 2 aliphatic heterocycles. The Morgan fingerprint density at radius 1 is 1.28 bits per heavy atom. The topological polar surface area (TPSA) is 77.9 Å². The zero-order chi connectivity index (χ0) is 18.2. The summed E-state index contributed by atoms with van der Waals surface area (Å²) < 4.78 is 0. The second-order valence-corrected chi connectivity index (χ2v) is 7.30. The first-order valence-electron chi connectivity index (χ1n) is 8.75. The Balaban J connectivity index is 1.68. The molecule has 1 aromatic rings. The van der Waals surface area contributed by atoms with Crippen molar-refractivity contribution >= 4 is 23.5 Å². The molecule has 6 heteroatoms. The molecule has 0 bridgehead atoms. The molecule has 0 aromatic heterocycles. The highest BCUT2D eigenvalue weighted by Gasteiger charge is 2.45. The lowest BCUT2D eigenvalue weighted by Crippen LogP contribution is -2.39. The van der Waals surface area contributed by atoms with E-state index in [9.17, 15) is 19.5 Å². The van der Waals surface area contributed by atoms with Gasteiger partial charge < -0.3 is 14.9 Å². The van der Waals surface area contributed by atoms with Crippen molar-refractivity contribution in [3.63, 3.8) is 0 Å². The first-order valence-corrected chi connectivity index (χ1v) is 8.75. The number of anilines is 1. The molecule has 6 nitrogen and oxygen atoms in total. The largest absolute Gasteiger partial charge is 0.481 e. The lowest BCUT2D eigenvalue weighted by atomic mass is 9.90. The molecule has 2 aliphatic rings. The fourth-order valence-corrected chi connectivity index (χ4v) is 3.62. The summed E-state index contributed by atoms with van der Waals surface area (Å²) in [6, 6.07) is 7.83. The third kappa shape index (κ3) is 3.25. The van der Waals surface area contributed by atoms with Gasteiger partial charge in [-0.25, -0.2) is 0 Å². The molecule has 0 saturated carbocycles. The maximum atomic E-state index is 12.7. The van der Waals surface area contributed by atoms with Crippen LogP contribution in [-0.4, -0.2) is 47.4 Å². The molecule has 1 aromatic carbocycles. The quantitative estimate of drug-likeness (QED) is 0.905. The summed E-state index contributed by atoms with van der Waals surface area (Å²) in [5, 5.41) is 9.31. The highest BCUT2D eigenvalue weighted by Crippen LogP contribution is 2.33. The summed E-state index contributed by atoms with van der Waals surface area (Å²) in [6.07, 6.45) is 1.58. The van der Waals surface area contributed by atoms with E-state index in [4.69, 9.17) is 0 Å². The second-order valence-electron chi connectivity index (χ2n) is 7.30. The fourth-order valence-electron chi connectivity index (χ4n) is 3.62. The number of carbonyl (C=O) groups excluding carboxylic acids is 2. The van der Waals surface area contributed by atoms with Gasteiger partial charge in [0.25, 0.3) is 0 Å². The van der Waals surface area contributed by atoms with Gasteiger partial charge in [0.1, 0.15) is 0 Å². The summed E-state index contributed by atoms with van der Waals surface area (Å²) in [5.41, 5.74) is 1.14. The maximum absolute atomic E-state index is 12.7. The zero-order valence-corrected chi connectivity index (χ0v) is 14.7. The summed E-state index contributed by atoms with van der Waals surface area (Å²) in [6.45, 7) is 4.77. The van der Waals surface area contributed by atoms with Gasteiger partial charge in [-0.2, -0.15) is 0 Å². The Morgan fingerprint density at radius 3 is 2.52 bits per heavy atom. The molecule has 2 unspecified atom stereocenters. The highest BCUT2D eigenvalue weighted by molar-refractivity contribution is 6.00. The Bertz CT molecular complexity index is 700. The minimum absolute atomic E-state index is 0.0530. The van der Waals surface area contributed by atoms with Crippen molar-refractivity contribution < 1.29 is 19.5 Å². The third-order valence-electron chi connectivity index (χ3n) is 5.43. The number of aryl methyl sites for hydroxylation is 1. The molecular formula is C19H24N2O4. The lowest BCUT2D eigenvalue weighted by Gasteiger charge is -2.23. The van der Waals surface area contributed by atoms with Crippen molar-refractivity contribution in [2.45, 2.75) is 33.1 Å². The van der Waals surface area contributed by atoms with Crippen LogP contribution in [0.5, 0.6) is 0 Å². The standard InChI is InChI=1S/C19H24N2O4/c1-3-13-4-6-15(7-5-13)21-11-14(10-16(21)22)17(23)20-9-8-19(2,12-20)18(24)25/h4-7,14H,3,8-12H2,1-2H3,(H,24,25). The van der Waals surface area contributed by atoms with E-state index < -0.39 is 17.3 Å². The third-order valence-corrected chi connectivity index (χ3v) is 5.43. The van der Waals surface area contributed by atoms with Crippen LogP contribution in [0.2, 0.25) is 0 Å². The first kappa shape index (κ1) is 17.5. The predicted molar refractivity (Wildman–Crippen MR) is 93.2 cm³/mol. The number of hydrogen-bond donors (Lipinski definition) is 1. The number of carboxylic acid groups (broad SMARTS) is 1. The number of hydrogen-bond acceptors (Lipinski definition) is 3. The van der Waals surface area contributed by atoms with Crippen LogP contribution < -0.4 is 4.90 Å². The van der Waals surface area contributed by atoms with E-state index in [1.54, 1.807) is 16.7 Å². The van der Waals surface area contributed by atoms with Crippen molar-refractivity contribution in [2.75, 3.05) is 24.5 Å². The van der Waals surface area contributed by atoms with Crippen molar-refractivity contribution in [3.05, 3.63) is 29.8 Å². The van der Waals surface area contributed by atoms with E-state index >= 15 is 0 Å². The van der Waals surface area contributed by atoms with Gasteiger partial charge >= 0.3 is 5.97 Å². The molecule has 0 radical (unpaired) electrons. The van der Waals surface area contributed by atoms with E-state index in [0.717, 1.165) is 12.1 Å². The van der Waals surface area contributed by atoms with Gasteiger partial charge in [-0.1, -0.05) is 19.1 Å². The maximum Gasteiger partial charge on any atom is 0.311 e. The number of carboxylic acids is 1. The summed E-state index contributed by atoms with van der Waals surface area (Å²) in [5.74, 6) is -1.42. The average Bonchev–Trinajstić information content (AvgIpc) is 3.19. The Labute approximate surface area is 147 Å². The Hall–Kier alpha value is -2.37.